The van der Waals surface area contributed by atoms with Gasteiger partial charge in [-0.05, 0) is 0 Å². The Morgan fingerprint density at radius 3 is 3.00 bits per heavy atom. The molecule has 23 heavy (non-hydrogen) atoms. The zero-order valence-electron chi connectivity index (χ0n) is 13.8. The van der Waals surface area contributed by atoms with Crippen molar-refractivity contribution in [1.29, 1.82) is 0 Å². The van der Waals surface area contributed by atoms with Crippen molar-refractivity contribution in [3.8, 4) is 0 Å². The first-order valence-electron chi connectivity index (χ1n) is 7.95. The molecule has 0 unspecified atom stereocenters. The summed E-state index contributed by atoms with van der Waals surface area (Å²) in [5.74, 6) is -0.112. The number of aromatic nitrogens is 3. The van der Waals surface area contributed by atoms with Gasteiger partial charge in [0.2, 0.25) is 0 Å². The Labute approximate surface area is 140 Å². The minimum absolute atomic E-state index is 0.0686. The zero-order valence-corrected chi connectivity index (χ0v) is 14.6. The van der Waals surface area contributed by atoms with Gasteiger partial charge in [0.25, 0.3) is 5.91 Å². The molecule has 1 aliphatic heterocycles. The molecule has 0 bridgehead atoms. The first-order chi connectivity index (χ1) is 10.9. The maximum absolute atomic E-state index is 12.3. The largest absolute Gasteiger partial charge is 0.350 e. The SMILES string of the molecule is CC(C)(C)c1csc(CCNC(=O)c2n[nH]c3c2CNCC3)n1. The fourth-order valence-electron chi connectivity index (χ4n) is 2.55. The van der Waals surface area contributed by atoms with E-state index in [2.05, 4.69) is 52.0 Å². The summed E-state index contributed by atoms with van der Waals surface area (Å²) in [4.78, 5) is 16.9. The highest BCUT2D eigenvalue weighted by atomic mass is 32.1. The van der Waals surface area contributed by atoms with Gasteiger partial charge in [0, 0.05) is 54.5 Å². The molecule has 1 amide bonds. The molecule has 0 saturated carbocycles. The molecule has 2 aromatic rings. The second kappa shape index (κ2) is 6.41. The molecule has 0 spiro atoms. The molecule has 0 saturated heterocycles. The predicted molar refractivity (Wildman–Crippen MR) is 90.8 cm³/mol. The number of nitrogens with one attached hydrogen (secondary N) is 3. The molecule has 1 aliphatic rings. The summed E-state index contributed by atoms with van der Waals surface area (Å²) in [6, 6.07) is 0. The van der Waals surface area contributed by atoms with E-state index in [0.29, 0.717) is 18.8 Å². The van der Waals surface area contributed by atoms with Gasteiger partial charge in [-0.15, -0.1) is 11.3 Å². The van der Waals surface area contributed by atoms with Crippen molar-refractivity contribution in [1.82, 2.24) is 25.8 Å². The first kappa shape index (κ1) is 16.1. The Bertz CT molecular complexity index is 698. The number of hydrogen-bond donors (Lipinski definition) is 3. The van der Waals surface area contributed by atoms with E-state index in [1.807, 2.05) is 0 Å². The van der Waals surface area contributed by atoms with Gasteiger partial charge in [-0.2, -0.15) is 5.10 Å². The number of thiazole rings is 1. The minimum atomic E-state index is -0.112. The lowest BCUT2D eigenvalue weighted by atomic mass is 9.93. The van der Waals surface area contributed by atoms with Gasteiger partial charge >= 0.3 is 0 Å². The number of carbonyl (C=O) groups excluding carboxylic acids is 1. The van der Waals surface area contributed by atoms with Crippen molar-refractivity contribution in [2.24, 2.45) is 0 Å². The summed E-state index contributed by atoms with van der Waals surface area (Å²) in [5, 5.41) is 16.5. The molecule has 0 radical (unpaired) electrons. The molecule has 7 heteroatoms. The second-order valence-electron chi connectivity index (χ2n) is 6.84. The highest BCUT2D eigenvalue weighted by molar-refractivity contribution is 7.09. The van der Waals surface area contributed by atoms with Gasteiger partial charge in [0.1, 0.15) is 0 Å². The van der Waals surface area contributed by atoms with Crippen molar-refractivity contribution in [2.45, 2.75) is 45.6 Å². The van der Waals surface area contributed by atoms with Crippen LogP contribution in [0.25, 0.3) is 0 Å². The summed E-state index contributed by atoms with van der Waals surface area (Å²) >= 11 is 1.65. The van der Waals surface area contributed by atoms with Crippen LogP contribution in [0.15, 0.2) is 5.38 Å². The monoisotopic (exact) mass is 333 g/mol. The number of fused-ring (bicyclic) bond motifs is 1. The van der Waals surface area contributed by atoms with Gasteiger partial charge in [-0.1, -0.05) is 20.8 Å². The maximum Gasteiger partial charge on any atom is 0.272 e. The Hall–Kier alpha value is -1.73. The van der Waals surface area contributed by atoms with Crippen LogP contribution in [0.3, 0.4) is 0 Å². The summed E-state index contributed by atoms with van der Waals surface area (Å²) in [6.07, 6.45) is 1.64. The van der Waals surface area contributed by atoms with Crippen LogP contribution >= 0.6 is 11.3 Å². The van der Waals surface area contributed by atoms with Crippen LogP contribution in [0.2, 0.25) is 0 Å². The number of amides is 1. The third-order valence-electron chi connectivity index (χ3n) is 3.97. The Kier molecular flexibility index (Phi) is 4.50. The molecule has 0 fully saturated rings. The molecular formula is C16H23N5OS. The Balaban J connectivity index is 1.55. The van der Waals surface area contributed by atoms with E-state index in [0.717, 1.165) is 41.3 Å². The molecular weight excluding hydrogens is 310 g/mol. The van der Waals surface area contributed by atoms with E-state index in [1.165, 1.54) is 0 Å². The van der Waals surface area contributed by atoms with E-state index in [1.54, 1.807) is 11.3 Å². The van der Waals surface area contributed by atoms with Gasteiger partial charge in [0.15, 0.2) is 5.69 Å². The van der Waals surface area contributed by atoms with Crippen LogP contribution < -0.4 is 10.6 Å². The van der Waals surface area contributed by atoms with E-state index >= 15 is 0 Å². The lowest BCUT2D eigenvalue weighted by Gasteiger charge is -2.14. The molecule has 3 heterocycles. The van der Waals surface area contributed by atoms with Crippen LogP contribution in [-0.4, -0.2) is 34.2 Å². The third-order valence-corrected chi connectivity index (χ3v) is 4.87. The lowest BCUT2D eigenvalue weighted by Crippen LogP contribution is -2.29. The van der Waals surface area contributed by atoms with E-state index in [-0.39, 0.29) is 11.3 Å². The van der Waals surface area contributed by atoms with Gasteiger partial charge < -0.3 is 10.6 Å². The maximum atomic E-state index is 12.3. The fourth-order valence-corrected chi connectivity index (χ4v) is 3.57. The van der Waals surface area contributed by atoms with Crippen molar-refractivity contribution in [3.05, 3.63) is 33.0 Å². The van der Waals surface area contributed by atoms with Crippen molar-refractivity contribution >= 4 is 17.2 Å². The van der Waals surface area contributed by atoms with Crippen LogP contribution in [0.4, 0.5) is 0 Å². The van der Waals surface area contributed by atoms with Gasteiger partial charge in [0.05, 0.1) is 10.7 Å². The summed E-state index contributed by atoms with van der Waals surface area (Å²) in [7, 11) is 0. The topological polar surface area (TPSA) is 82.7 Å². The van der Waals surface area contributed by atoms with Gasteiger partial charge in [-0.3, -0.25) is 9.89 Å². The Morgan fingerprint density at radius 2 is 2.26 bits per heavy atom. The minimum Gasteiger partial charge on any atom is -0.350 e. The van der Waals surface area contributed by atoms with Crippen LogP contribution in [-0.2, 0) is 24.8 Å². The van der Waals surface area contributed by atoms with Crippen molar-refractivity contribution in [2.75, 3.05) is 13.1 Å². The highest BCUT2D eigenvalue weighted by Crippen LogP contribution is 2.24. The van der Waals surface area contributed by atoms with Crippen LogP contribution in [0.5, 0.6) is 0 Å². The van der Waals surface area contributed by atoms with E-state index in [4.69, 9.17) is 0 Å². The smallest absolute Gasteiger partial charge is 0.272 e. The van der Waals surface area contributed by atoms with Gasteiger partial charge in [-0.25, -0.2) is 4.98 Å². The van der Waals surface area contributed by atoms with E-state index in [9.17, 15) is 4.79 Å². The zero-order chi connectivity index (χ0) is 16.4. The molecule has 0 aromatic carbocycles. The third kappa shape index (κ3) is 3.61. The Morgan fingerprint density at radius 1 is 1.43 bits per heavy atom. The average Bonchev–Trinajstić information content (AvgIpc) is 3.13. The van der Waals surface area contributed by atoms with E-state index < -0.39 is 0 Å². The summed E-state index contributed by atoms with van der Waals surface area (Å²) in [6.45, 7) is 8.67. The highest BCUT2D eigenvalue weighted by Gasteiger charge is 2.21. The molecule has 124 valence electrons. The molecule has 3 N–H and O–H groups in total. The number of carbonyl (C=O) groups is 1. The fraction of sp³-hybridized carbons (Fsp3) is 0.562. The number of H-pyrrole nitrogens is 1. The summed E-state index contributed by atoms with van der Waals surface area (Å²) < 4.78 is 0. The summed E-state index contributed by atoms with van der Waals surface area (Å²) in [5.41, 5.74) is 3.76. The molecule has 0 atom stereocenters. The average molecular weight is 333 g/mol. The molecule has 2 aromatic heterocycles. The number of hydrogen-bond acceptors (Lipinski definition) is 5. The lowest BCUT2D eigenvalue weighted by molar-refractivity contribution is 0.0948. The van der Waals surface area contributed by atoms with Crippen molar-refractivity contribution < 1.29 is 4.79 Å². The molecule has 6 nitrogen and oxygen atoms in total. The molecule has 3 rings (SSSR count). The first-order valence-corrected chi connectivity index (χ1v) is 8.83. The predicted octanol–water partition coefficient (Wildman–Crippen LogP) is 1.78. The normalized spacial score (nSPS) is 14.6. The quantitative estimate of drug-likeness (QED) is 0.796. The molecule has 0 aliphatic carbocycles. The second-order valence-corrected chi connectivity index (χ2v) is 7.78. The number of nitrogens with zero attached hydrogens (tertiary/aromatic N) is 2. The number of aromatic amines is 1. The van der Waals surface area contributed by atoms with Crippen molar-refractivity contribution in [3.63, 3.8) is 0 Å². The number of rotatable bonds is 4. The standard InChI is InChI=1S/C16H23N5OS/c1-16(2,3)12-9-23-13(19-12)5-7-18-15(22)14-10-8-17-6-4-11(10)20-21-14/h9,17H,4-8H2,1-3H3,(H,18,22)(H,20,21). The van der Waals surface area contributed by atoms with Crippen LogP contribution in [0.1, 0.15) is 53.2 Å². The van der Waals surface area contributed by atoms with Crippen LogP contribution in [0, 0.1) is 0 Å².